The lowest BCUT2D eigenvalue weighted by atomic mass is 10.0. The van der Waals surface area contributed by atoms with Crippen LogP contribution in [-0.4, -0.2) is 47.4 Å². The van der Waals surface area contributed by atoms with Crippen LogP contribution in [0, 0.1) is 0 Å². The first-order chi connectivity index (χ1) is 40.5. The van der Waals surface area contributed by atoms with Crippen LogP contribution in [0.2, 0.25) is 0 Å². The van der Waals surface area contributed by atoms with Crippen molar-refractivity contribution in [1.29, 1.82) is 0 Å². The Morgan fingerprint density at radius 2 is 0.573 bits per heavy atom. The van der Waals surface area contributed by atoms with Crippen molar-refractivity contribution < 1.29 is 24.5 Å². The molecule has 0 rings (SSSR count). The van der Waals surface area contributed by atoms with E-state index in [2.05, 4.69) is 31.3 Å². The summed E-state index contributed by atoms with van der Waals surface area (Å²) >= 11 is 0. The molecule has 0 aromatic rings. The number of rotatable bonds is 71. The number of amides is 1. The summed E-state index contributed by atoms with van der Waals surface area (Å²) in [6, 6.07) is -0.623. The molecule has 0 heterocycles. The summed E-state index contributed by atoms with van der Waals surface area (Å²) in [6.07, 6.45) is 91.5. The van der Waals surface area contributed by atoms with Crippen LogP contribution in [0.25, 0.3) is 0 Å². The quantitative estimate of drug-likeness (QED) is 0.0320. The highest BCUT2D eigenvalue weighted by Crippen LogP contribution is 2.20. The molecule has 0 aliphatic carbocycles. The van der Waals surface area contributed by atoms with Crippen molar-refractivity contribution in [1.82, 2.24) is 5.32 Å². The highest BCUT2D eigenvalue weighted by molar-refractivity contribution is 5.76. The number of ether oxygens (including phenoxy) is 1. The topological polar surface area (TPSA) is 95.9 Å². The van der Waals surface area contributed by atoms with E-state index in [1.54, 1.807) is 6.08 Å². The van der Waals surface area contributed by atoms with Gasteiger partial charge in [-0.05, 0) is 57.8 Å². The van der Waals surface area contributed by atoms with Crippen molar-refractivity contribution in [3.8, 4) is 0 Å². The fraction of sp³-hybridized carbons (Fsp3) is 0.921. The molecule has 0 aliphatic rings. The van der Waals surface area contributed by atoms with E-state index < -0.39 is 12.1 Å². The molecule has 2 unspecified atom stereocenters. The molecule has 0 radical (unpaired) electrons. The van der Waals surface area contributed by atoms with E-state index in [0.29, 0.717) is 19.4 Å². The Morgan fingerprint density at radius 1 is 0.329 bits per heavy atom. The van der Waals surface area contributed by atoms with Gasteiger partial charge in [0.15, 0.2) is 0 Å². The van der Waals surface area contributed by atoms with E-state index in [1.807, 2.05) is 6.08 Å². The van der Waals surface area contributed by atoms with Gasteiger partial charge in [0, 0.05) is 12.8 Å². The van der Waals surface area contributed by atoms with Gasteiger partial charge in [0.2, 0.25) is 5.91 Å². The molecule has 0 aromatic carbocycles. The monoisotopic (exact) mass is 1150 g/mol. The van der Waals surface area contributed by atoms with Crippen LogP contribution in [0.1, 0.15) is 425 Å². The van der Waals surface area contributed by atoms with Gasteiger partial charge in [-0.1, -0.05) is 378 Å². The SMILES string of the molecule is CCCCCC/C=C\CCCCCCCC(=O)OCCCCCCCCCCCCCCCCCCCCCCCCCCCCCCCCCCCCCCCC(=O)NC(CO)C(O)/C=C/CCCCCCCCCCCCCCC. The van der Waals surface area contributed by atoms with Crippen molar-refractivity contribution in [2.75, 3.05) is 13.2 Å². The van der Waals surface area contributed by atoms with E-state index in [1.165, 1.54) is 353 Å². The van der Waals surface area contributed by atoms with Crippen LogP contribution < -0.4 is 5.32 Å². The van der Waals surface area contributed by atoms with Gasteiger partial charge in [-0.3, -0.25) is 9.59 Å². The van der Waals surface area contributed by atoms with Crippen LogP contribution >= 0.6 is 0 Å². The number of unbranched alkanes of at least 4 members (excludes halogenated alkanes) is 58. The average molecular weight is 1160 g/mol. The van der Waals surface area contributed by atoms with Gasteiger partial charge >= 0.3 is 5.97 Å². The van der Waals surface area contributed by atoms with Crippen molar-refractivity contribution in [3.63, 3.8) is 0 Å². The highest BCUT2D eigenvalue weighted by Gasteiger charge is 2.18. The second kappa shape index (κ2) is 71.8. The molecule has 486 valence electrons. The Balaban J connectivity index is 3.30. The zero-order chi connectivity index (χ0) is 59.2. The summed E-state index contributed by atoms with van der Waals surface area (Å²) in [5.74, 6) is -0.0449. The number of esters is 1. The Bertz CT molecular complexity index is 1280. The smallest absolute Gasteiger partial charge is 0.305 e. The fourth-order valence-electron chi connectivity index (χ4n) is 12.0. The first-order valence-corrected chi connectivity index (χ1v) is 37.6. The lowest BCUT2D eigenvalue weighted by molar-refractivity contribution is -0.143. The number of hydrogen-bond acceptors (Lipinski definition) is 5. The lowest BCUT2D eigenvalue weighted by Gasteiger charge is -2.20. The third-order valence-electron chi connectivity index (χ3n) is 17.7. The Hall–Kier alpha value is -1.66. The third-order valence-corrected chi connectivity index (χ3v) is 17.7. The number of aliphatic hydroxyl groups is 2. The Labute approximate surface area is 513 Å². The number of nitrogens with one attached hydrogen (secondary N) is 1. The van der Waals surface area contributed by atoms with Crippen molar-refractivity contribution >= 4 is 11.9 Å². The van der Waals surface area contributed by atoms with Crippen molar-refractivity contribution in [2.24, 2.45) is 0 Å². The summed E-state index contributed by atoms with van der Waals surface area (Å²) in [5, 5.41) is 23.2. The first-order valence-electron chi connectivity index (χ1n) is 37.6. The number of carbonyl (C=O) groups is 2. The van der Waals surface area contributed by atoms with Gasteiger partial charge < -0.3 is 20.3 Å². The van der Waals surface area contributed by atoms with Gasteiger partial charge in [0.05, 0.1) is 25.4 Å². The maximum Gasteiger partial charge on any atom is 0.305 e. The second-order valence-corrected chi connectivity index (χ2v) is 26.0. The molecule has 6 nitrogen and oxygen atoms in total. The van der Waals surface area contributed by atoms with E-state index in [4.69, 9.17) is 4.74 Å². The number of hydrogen-bond donors (Lipinski definition) is 3. The maximum absolute atomic E-state index is 12.5. The first kappa shape index (κ1) is 80.3. The number of allylic oxidation sites excluding steroid dienone is 3. The standard InChI is InChI=1S/C76H147NO5/c1-3-5-7-9-11-13-15-17-41-45-48-52-56-60-64-68-74(79)73(72-78)77-75(80)69-65-61-57-53-49-46-42-39-37-35-33-31-29-27-25-23-21-19-18-20-22-24-26-28-30-32-34-36-38-40-43-47-51-55-59-63-67-71-82-76(81)70-66-62-58-54-50-44-16-14-12-10-8-6-4-2/h14,16,64,68,73-74,78-79H,3-13,15,17-63,65-67,69-72H2,1-2H3,(H,77,80)/b16-14-,68-64+. The minimum atomic E-state index is -0.840. The van der Waals surface area contributed by atoms with Crippen LogP contribution in [0.5, 0.6) is 0 Å². The van der Waals surface area contributed by atoms with Gasteiger partial charge in [-0.25, -0.2) is 0 Å². The molecule has 3 N–H and O–H groups in total. The molecule has 2 atom stereocenters. The molecule has 82 heavy (non-hydrogen) atoms. The molecule has 0 spiro atoms. The zero-order valence-corrected chi connectivity index (χ0v) is 55.8. The average Bonchev–Trinajstić information content (AvgIpc) is 3.48. The fourth-order valence-corrected chi connectivity index (χ4v) is 12.0. The van der Waals surface area contributed by atoms with Gasteiger partial charge in [0.1, 0.15) is 0 Å². The van der Waals surface area contributed by atoms with Crippen LogP contribution in [0.4, 0.5) is 0 Å². The molecule has 0 bridgehead atoms. The minimum Gasteiger partial charge on any atom is -0.466 e. The molecule has 6 heteroatoms. The molecule has 0 aromatic heterocycles. The molecular weight excluding hydrogens is 1010 g/mol. The van der Waals surface area contributed by atoms with Crippen LogP contribution in [0.15, 0.2) is 24.3 Å². The van der Waals surface area contributed by atoms with Crippen molar-refractivity contribution in [3.05, 3.63) is 24.3 Å². The molecule has 0 saturated carbocycles. The molecular formula is C76H147NO5. The predicted molar refractivity (Wildman–Crippen MR) is 361 cm³/mol. The van der Waals surface area contributed by atoms with E-state index in [9.17, 15) is 19.8 Å². The molecule has 1 amide bonds. The summed E-state index contributed by atoms with van der Waals surface area (Å²) < 4.78 is 5.49. The predicted octanol–water partition coefficient (Wildman–Crippen LogP) is 24.5. The Kier molecular flexibility index (Phi) is 70.4. The molecule has 0 saturated heterocycles. The van der Waals surface area contributed by atoms with E-state index in [-0.39, 0.29) is 18.5 Å². The number of carbonyl (C=O) groups excluding carboxylic acids is 2. The van der Waals surface area contributed by atoms with Crippen LogP contribution in [0.3, 0.4) is 0 Å². The van der Waals surface area contributed by atoms with E-state index >= 15 is 0 Å². The zero-order valence-electron chi connectivity index (χ0n) is 55.8. The summed E-state index contributed by atoms with van der Waals surface area (Å²) in [7, 11) is 0. The largest absolute Gasteiger partial charge is 0.466 e. The second-order valence-electron chi connectivity index (χ2n) is 26.0. The molecule has 0 fully saturated rings. The highest BCUT2D eigenvalue weighted by atomic mass is 16.5. The maximum atomic E-state index is 12.5. The normalized spacial score (nSPS) is 12.6. The molecule has 0 aliphatic heterocycles. The van der Waals surface area contributed by atoms with Gasteiger partial charge in [-0.2, -0.15) is 0 Å². The van der Waals surface area contributed by atoms with Crippen molar-refractivity contribution in [2.45, 2.75) is 437 Å². The minimum absolute atomic E-state index is 0.0145. The summed E-state index contributed by atoms with van der Waals surface area (Å²) in [5.41, 5.74) is 0. The van der Waals surface area contributed by atoms with Crippen LogP contribution in [-0.2, 0) is 14.3 Å². The summed E-state index contributed by atoms with van der Waals surface area (Å²) in [6.45, 7) is 4.92. The third kappa shape index (κ3) is 67.5. The van der Waals surface area contributed by atoms with Gasteiger partial charge in [-0.15, -0.1) is 0 Å². The number of aliphatic hydroxyl groups excluding tert-OH is 2. The van der Waals surface area contributed by atoms with Gasteiger partial charge in [0.25, 0.3) is 0 Å². The Morgan fingerprint density at radius 3 is 0.878 bits per heavy atom. The summed E-state index contributed by atoms with van der Waals surface area (Å²) in [4.78, 5) is 24.5. The van der Waals surface area contributed by atoms with E-state index in [0.717, 1.165) is 44.9 Å². The lowest BCUT2D eigenvalue weighted by Crippen LogP contribution is -2.45.